The van der Waals surface area contributed by atoms with Crippen LogP contribution in [-0.4, -0.2) is 36.1 Å². The Balaban J connectivity index is 1.98. The predicted molar refractivity (Wildman–Crippen MR) is 73.3 cm³/mol. The molecule has 0 atom stereocenters. The van der Waals surface area contributed by atoms with E-state index >= 15 is 0 Å². The van der Waals surface area contributed by atoms with Crippen LogP contribution in [0.15, 0.2) is 0 Å². The second kappa shape index (κ2) is 4.41. The van der Waals surface area contributed by atoms with Gasteiger partial charge in [0.2, 0.25) is 0 Å². The Morgan fingerprint density at radius 3 is 2.11 bits per heavy atom. The number of carbonyl (C=O) groups excluding carboxylic acids is 1. The molecule has 1 aliphatic heterocycles. The van der Waals surface area contributed by atoms with E-state index in [2.05, 4.69) is 33.0 Å². The smallest absolute Gasteiger partial charge is 0.317 e. The van der Waals surface area contributed by atoms with Gasteiger partial charge in [0.05, 0.1) is 0 Å². The van der Waals surface area contributed by atoms with Crippen LogP contribution in [0.25, 0.3) is 0 Å². The number of nitrogens with one attached hydrogen (secondary N) is 1. The summed E-state index contributed by atoms with van der Waals surface area (Å²) in [5, 5.41) is 3.20. The number of nitrogens with zero attached hydrogens (tertiary/aromatic N) is 1. The number of amides is 2. The molecule has 0 aromatic heterocycles. The summed E-state index contributed by atoms with van der Waals surface area (Å²) >= 11 is 0. The Hall–Kier alpha value is -0.770. The highest BCUT2D eigenvalue weighted by Gasteiger charge is 2.60. The third kappa shape index (κ3) is 2.00. The number of likely N-dealkylation sites (tertiary alicyclic amines) is 1. The zero-order chi connectivity index (χ0) is 13.6. The van der Waals surface area contributed by atoms with Crippen molar-refractivity contribution in [2.45, 2.75) is 59.0 Å². The van der Waals surface area contributed by atoms with Crippen molar-refractivity contribution in [3.63, 3.8) is 0 Å². The molecule has 104 valence electrons. The monoisotopic (exact) mass is 253 g/mol. The Bertz CT molecular complexity index is 316. The number of piperidine rings is 1. The largest absolute Gasteiger partial charge is 0.334 e. The van der Waals surface area contributed by atoms with E-state index in [0.29, 0.717) is 0 Å². The topological polar surface area (TPSA) is 58.4 Å². The quantitative estimate of drug-likeness (QED) is 0.750. The average molecular weight is 253 g/mol. The molecule has 4 heteroatoms. The van der Waals surface area contributed by atoms with Gasteiger partial charge in [-0.25, -0.2) is 4.79 Å². The molecule has 0 spiro atoms. The van der Waals surface area contributed by atoms with Gasteiger partial charge in [0.25, 0.3) is 0 Å². The molecule has 2 rings (SSSR count). The standard InChI is InChI=1S/C14H27N3O/c1-13(2)10(15)14(3,4)11(13)16-12(18)17-8-6-5-7-9-17/h10-11H,5-9,15H2,1-4H3,(H,16,18). The summed E-state index contributed by atoms with van der Waals surface area (Å²) < 4.78 is 0. The molecule has 1 aliphatic carbocycles. The van der Waals surface area contributed by atoms with Crippen LogP contribution in [-0.2, 0) is 0 Å². The highest BCUT2D eigenvalue weighted by Crippen LogP contribution is 2.52. The molecule has 18 heavy (non-hydrogen) atoms. The Morgan fingerprint density at radius 1 is 1.11 bits per heavy atom. The first-order valence-corrected chi connectivity index (χ1v) is 7.09. The van der Waals surface area contributed by atoms with Gasteiger partial charge in [0.15, 0.2) is 0 Å². The molecule has 2 fully saturated rings. The van der Waals surface area contributed by atoms with Crippen molar-refractivity contribution in [2.24, 2.45) is 16.6 Å². The summed E-state index contributed by atoms with van der Waals surface area (Å²) in [5.41, 5.74) is 6.18. The number of hydrogen-bond donors (Lipinski definition) is 2. The maximum absolute atomic E-state index is 12.3. The third-order valence-electron chi connectivity index (χ3n) is 5.00. The van der Waals surface area contributed by atoms with Crippen molar-refractivity contribution in [1.82, 2.24) is 10.2 Å². The average Bonchev–Trinajstić information content (AvgIpc) is 2.35. The molecule has 2 aliphatic rings. The maximum atomic E-state index is 12.3. The lowest BCUT2D eigenvalue weighted by molar-refractivity contribution is -0.0664. The van der Waals surface area contributed by atoms with Gasteiger partial charge in [-0.1, -0.05) is 27.7 Å². The molecule has 3 N–H and O–H groups in total. The second-order valence-electron chi connectivity index (χ2n) is 7.05. The minimum atomic E-state index is -0.0189. The summed E-state index contributed by atoms with van der Waals surface area (Å²) in [4.78, 5) is 14.2. The molecular weight excluding hydrogens is 226 g/mol. The van der Waals surface area contributed by atoms with E-state index in [1.165, 1.54) is 6.42 Å². The second-order valence-corrected chi connectivity index (χ2v) is 7.05. The molecule has 4 nitrogen and oxygen atoms in total. The first-order valence-electron chi connectivity index (χ1n) is 7.09. The number of nitrogens with two attached hydrogens (primary N) is 1. The fourth-order valence-electron chi connectivity index (χ4n) is 3.86. The zero-order valence-electron chi connectivity index (χ0n) is 12.1. The number of rotatable bonds is 1. The van der Waals surface area contributed by atoms with Crippen LogP contribution in [0.3, 0.4) is 0 Å². The van der Waals surface area contributed by atoms with Crippen molar-refractivity contribution in [1.29, 1.82) is 0 Å². The first-order chi connectivity index (χ1) is 8.28. The molecule has 1 saturated heterocycles. The molecule has 0 radical (unpaired) electrons. The van der Waals surface area contributed by atoms with Crippen LogP contribution in [0, 0.1) is 10.8 Å². The molecule has 0 aromatic carbocycles. The Labute approximate surface area is 110 Å². The van der Waals surface area contributed by atoms with Gasteiger partial charge in [-0.2, -0.15) is 0 Å². The number of hydrogen-bond acceptors (Lipinski definition) is 2. The van der Waals surface area contributed by atoms with Crippen molar-refractivity contribution < 1.29 is 4.79 Å². The minimum Gasteiger partial charge on any atom is -0.334 e. The van der Waals surface area contributed by atoms with Gasteiger partial charge in [0.1, 0.15) is 0 Å². The summed E-state index contributed by atoms with van der Waals surface area (Å²) in [5.74, 6) is 0. The maximum Gasteiger partial charge on any atom is 0.317 e. The molecule has 0 bridgehead atoms. The van der Waals surface area contributed by atoms with E-state index < -0.39 is 0 Å². The van der Waals surface area contributed by atoms with Crippen LogP contribution < -0.4 is 11.1 Å². The lowest BCUT2D eigenvalue weighted by Crippen LogP contribution is -2.76. The molecule has 1 heterocycles. The lowest BCUT2D eigenvalue weighted by atomic mass is 9.48. The van der Waals surface area contributed by atoms with Gasteiger partial charge < -0.3 is 16.0 Å². The van der Waals surface area contributed by atoms with Crippen LogP contribution in [0.4, 0.5) is 4.79 Å². The zero-order valence-corrected chi connectivity index (χ0v) is 12.1. The van der Waals surface area contributed by atoms with Crippen LogP contribution >= 0.6 is 0 Å². The third-order valence-corrected chi connectivity index (χ3v) is 5.00. The van der Waals surface area contributed by atoms with Crippen molar-refractivity contribution in [2.75, 3.05) is 13.1 Å². The van der Waals surface area contributed by atoms with E-state index in [9.17, 15) is 4.79 Å². The van der Waals surface area contributed by atoms with E-state index in [-0.39, 0.29) is 28.9 Å². The summed E-state index contributed by atoms with van der Waals surface area (Å²) in [7, 11) is 0. The molecule has 2 amide bonds. The van der Waals surface area contributed by atoms with Crippen molar-refractivity contribution in [3.05, 3.63) is 0 Å². The molecule has 0 unspecified atom stereocenters. The normalized spacial score (nSPS) is 33.7. The van der Waals surface area contributed by atoms with Crippen molar-refractivity contribution >= 4 is 6.03 Å². The Morgan fingerprint density at radius 2 is 1.61 bits per heavy atom. The molecular formula is C14H27N3O. The van der Waals surface area contributed by atoms with E-state index in [1.807, 2.05) is 4.90 Å². The van der Waals surface area contributed by atoms with Gasteiger partial charge in [0, 0.05) is 36.0 Å². The summed E-state index contributed by atoms with van der Waals surface area (Å²) in [6, 6.07) is 0.388. The van der Waals surface area contributed by atoms with E-state index in [0.717, 1.165) is 25.9 Å². The minimum absolute atomic E-state index is 0.0189. The van der Waals surface area contributed by atoms with Crippen LogP contribution in [0.1, 0.15) is 47.0 Å². The SMILES string of the molecule is CC1(C)C(N)C(C)(C)C1NC(=O)N1CCCCC1. The van der Waals surface area contributed by atoms with E-state index in [1.54, 1.807) is 0 Å². The predicted octanol–water partition coefficient (Wildman–Crippen LogP) is 1.94. The lowest BCUT2D eigenvalue weighted by Gasteiger charge is -2.63. The highest BCUT2D eigenvalue weighted by molar-refractivity contribution is 5.75. The van der Waals surface area contributed by atoms with Crippen molar-refractivity contribution in [3.8, 4) is 0 Å². The van der Waals surface area contributed by atoms with E-state index in [4.69, 9.17) is 5.73 Å². The molecule has 0 aromatic rings. The fourth-order valence-corrected chi connectivity index (χ4v) is 3.86. The summed E-state index contributed by atoms with van der Waals surface area (Å²) in [6.45, 7) is 10.4. The number of carbonyl (C=O) groups is 1. The molecule has 1 saturated carbocycles. The Kier molecular flexibility index (Phi) is 3.34. The van der Waals surface area contributed by atoms with Gasteiger partial charge in [-0.05, 0) is 19.3 Å². The van der Waals surface area contributed by atoms with Crippen LogP contribution in [0.2, 0.25) is 0 Å². The van der Waals surface area contributed by atoms with Gasteiger partial charge in [-0.15, -0.1) is 0 Å². The fraction of sp³-hybridized carbons (Fsp3) is 0.929. The van der Waals surface area contributed by atoms with Gasteiger partial charge in [-0.3, -0.25) is 0 Å². The summed E-state index contributed by atoms with van der Waals surface area (Å²) in [6.07, 6.45) is 3.50. The highest BCUT2D eigenvalue weighted by atomic mass is 16.2. The number of urea groups is 1. The van der Waals surface area contributed by atoms with Gasteiger partial charge >= 0.3 is 6.03 Å². The van der Waals surface area contributed by atoms with Crippen LogP contribution in [0.5, 0.6) is 0 Å². The first kappa shape index (κ1) is 13.7.